The highest BCUT2D eigenvalue weighted by Crippen LogP contribution is 2.38. The number of hydrogen-bond acceptors (Lipinski definition) is 5. The normalized spacial score (nSPS) is 21.2. The number of aromatic amines is 1. The van der Waals surface area contributed by atoms with Gasteiger partial charge in [-0.05, 0) is 52.7 Å². The third-order valence-corrected chi connectivity index (χ3v) is 4.59. The number of aromatic nitrogens is 3. The van der Waals surface area contributed by atoms with E-state index in [1.165, 1.54) is 6.07 Å². The molecule has 0 spiro atoms. The Morgan fingerprint density at radius 1 is 1.32 bits per heavy atom. The summed E-state index contributed by atoms with van der Waals surface area (Å²) in [6.07, 6.45) is 3.36. The van der Waals surface area contributed by atoms with Crippen LogP contribution in [0.2, 0.25) is 0 Å². The zero-order chi connectivity index (χ0) is 18.2. The maximum atomic E-state index is 11.7. The second kappa shape index (κ2) is 6.26. The zero-order valence-electron chi connectivity index (χ0n) is 15.5. The highest BCUT2D eigenvalue weighted by atomic mass is 16.5. The molecule has 6 nitrogen and oxygen atoms in total. The first-order valence-corrected chi connectivity index (χ1v) is 8.72. The third kappa shape index (κ3) is 3.90. The molecule has 0 amide bonds. The molecule has 2 N–H and O–H groups in total. The first-order valence-electron chi connectivity index (χ1n) is 8.72. The van der Waals surface area contributed by atoms with Gasteiger partial charge in [-0.15, -0.1) is 0 Å². The van der Waals surface area contributed by atoms with Crippen LogP contribution < -0.4 is 10.9 Å². The number of hydrogen-bond donors (Lipinski definition) is 2. The molecule has 3 heterocycles. The summed E-state index contributed by atoms with van der Waals surface area (Å²) in [4.78, 5) is 23.4. The van der Waals surface area contributed by atoms with Crippen LogP contribution in [0.3, 0.4) is 0 Å². The number of nitrogens with one attached hydrogen (secondary N) is 2. The molecule has 2 aromatic heterocycles. The van der Waals surface area contributed by atoms with E-state index in [1.807, 2.05) is 19.1 Å². The van der Waals surface area contributed by atoms with Gasteiger partial charge >= 0.3 is 0 Å². The van der Waals surface area contributed by atoms with Gasteiger partial charge in [0.2, 0.25) is 0 Å². The van der Waals surface area contributed by atoms with E-state index in [4.69, 9.17) is 4.74 Å². The summed E-state index contributed by atoms with van der Waals surface area (Å²) in [5.74, 6) is 1.34. The topological polar surface area (TPSA) is 79.9 Å². The second-order valence-corrected chi connectivity index (χ2v) is 7.74. The minimum Gasteiger partial charge on any atom is -0.367 e. The van der Waals surface area contributed by atoms with Gasteiger partial charge in [-0.3, -0.25) is 4.79 Å². The smallest absolute Gasteiger partial charge is 0.251 e. The van der Waals surface area contributed by atoms with Crippen LogP contribution >= 0.6 is 0 Å². The van der Waals surface area contributed by atoms with Crippen LogP contribution in [0.4, 0.5) is 5.82 Å². The fourth-order valence-electron chi connectivity index (χ4n) is 3.41. The molecular formula is C19H26N4O2. The summed E-state index contributed by atoms with van der Waals surface area (Å²) in [6, 6.07) is 5.54. The van der Waals surface area contributed by atoms with Gasteiger partial charge in [0.15, 0.2) is 0 Å². The van der Waals surface area contributed by atoms with E-state index in [0.29, 0.717) is 5.82 Å². The van der Waals surface area contributed by atoms with Crippen molar-refractivity contribution < 1.29 is 4.74 Å². The first-order chi connectivity index (χ1) is 11.7. The van der Waals surface area contributed by atoms with Gasteiger partial charge in [-0.1, -0.05) is 6.92 Å². The van der Waals surface area contributed by atoms with E-state index >= 15 is 0 Å². The van der Waals surface area contributed by atoms with Gasteiger partial charge in [0.1, 0.15) is 11.6 Å². The number of nitrogens with zero attached hydrogens (tertiary/aromatic N) is 2. The molecule has 0 saturated carbocycles. The van der Waals surface area contributed by atoms with Crippen LogP contribution in [0.25, 0.3) is 11.4 Å². The molecule has 1 atom stereocenters. The zero-order valence-corrected chi connectivity index (χ0v) is 15.5. The third-order valence-electron chi connectivity index (χ3n) is 4.59. The number of pyridine rings is 1. The molecule has 6 heteroatoms. The Morgan fingerprint density at radius 2 is 2.08 bits per heavy atom. The average molecular weight is 342 g/mol. The molecule has 1 saturated heterocycles. The molecule has 0 aliphatic carbocycles. The summed E-state index contributed by atoms with van der Waals surface area (Å²) in [5.41, 5.74) is 1.02. The van der Waals surface area contributed by atoms with Gasteiger partial charge in [0.25, 0.3) is 5.56 Å². The van der Waals surface area contributed by atoms with Crippen LogP contribution in [0.15, 0.2) is 29.2 Å². The summed E-state index contributed by atoms with van der Waals surface area (Å²) >= 11 is 0. The van der Waals surface area contributed by atoms with Crippen LogP contribution in [0.5, 0.6) is 0 Å². The van der Waals surface area contributed by atoms with Crippen molar-refractivity contribution >= 4 is 5.82 Å². The molecule has 134 valence electrons. The lowest BCUT2D eigenvalue weighted by Gasteiger charge is -2.28. The average Bonchev–Trinajstić information content (AvgIpc) is 2.74. The Morgan fingerprint density at radius 3 is 2.64 bits per heavy atom. The predicted octanol–water partition coefficient (Wildman–Crippen LogP) is 3.15. The second-order valence-electron chi connectivity index (χ2n) is 7.74. The predicted molar refractivity (Wildman–Crippen MR) is 98.7 cm³/mol. The largest absolute Gasteiger partial charge is 0.367 e. The van der Waals surface area contributed by atoms with Gasteiger partial charge in [-0.2, -0.15) is 0 Å². The van der Waals surface area contributed by atoms with E-state index in [-0.39, 0.29) is 22.8 Å². The summed E-state index contributed by atoms with van der Waals surface area (Å²) in [6.45, 7) is 10.4. The van der Waals surface area contributed by atoms with E-state index in [1.54, 1.807) is 6.20 Å². The van der Waals surface area contributed by atoms with Crippen LogP contribution in [-0.2, 0) is 11.2 Å². The van der Waals surface area contributed by atoms with Crippen molar-refractivity contribution in [1.29, 1.82) is 0 Å². The van der Waals surface area contributed by atoms with Crippen molar-refractivity contribution in [3.8, 4) is 11.4 Å². The van der Waals surface area contributed by atoms with Crippen molar-refractivity contribution in [2.75, 3.05) is 5.32 Å². The van der Waals surface area contributed by atoms with Crippen molar-refractivity contribution in [3.05, 3.63) is 40.4 Å². The molecule has 0 radical (unpaired) electrons. The van der Waals surface area contributed by atoms with E-state index < -0.39 is 0 Å². The number of ether oxygens (including phenoxy) is 1. The Kier molecular flexibility index (Phi) is 4.41. The molecule has 0 aromatic carbocycles. The lowest BCUT2D eigenvalue weighted by atomic mass is 9.94. The summed E-state index contributed by atoms with van der Waals surface area (Å²) in [7, 11) is 0. The van der Waals surface area contributed by atoms with Crippen LogP contribution in [-0.4, -0.2) is 32.2 Å². The Bertz CT molecular complexity index is 809. The number of anilines is 1. The Hall–Kier alpha value is -2.21. The van der Waals surface area contributed by atoms with Gasteiger partial charge in [-0.25, -0.2) is 9.97 Å². The number of H-pyrrole nitrogens is 1. The fraction of sp³-hybridized carbons (Fsp3) is 0.526. The minimum absolute atomic E-state index is 0.142. The fourth-order valence-corrected chi connectivity index (χ4v) is 3.41. The molecule has 1 aliphatic rings. The van der Waals surface area contributed by atoms with Crippen LogP contribution in [0.1, 0.15) is 46.7 Å². The lowest BCUT2D eigenvalue weighted by Crippen LogP contribution is -2.38. The SMILES string of the molecule is CCc1cc(=O)[nH]c(-c2ccc(NC3CC(C)(C)OC3(C)C)nc2)n1. The maximum absolute atomic E-state index is 11.7. The van der Waals surface area contributed by atoms with Crippen molar-refractivity contribution in [3.63, 3.8) is 0 Å². The number of aryl methyl sites for hydroxylation is 1. The molecule has 3 rings (SSSR count). The standard InChI is InChI=1S/C19H26N4O2/c1-6-13-9-16(24)23-17(21-13)12-7-8-15(20-11-12)22-14-10-18(2,3)25-19(14,4)5/h7-9,11,14H,6,10H2,1-5H3,(H,20,22)(H,21,23,24). The maximum Gasteiger partial charge on any atom is 0.251 e. The van der Waals surface area contributed by atoms with Gasteiger partial charge in [0.05, 0.1) is 17.2 Å². The highest BCUT2D eigenvalue weighted by molar-refractivity contribution is 5.56. The van der Waals surface area contributed by atoms with Crippen molar-refractivity contribution in [1.82, 2.24) is 15.0 Å². The summed E-state index contributed by atoms with van der Waals surface area (Å²) in [5, 5.41) is 3.47. The number of rotatable bonds is 4. The molecule has 0 bridgehead atoms. The minimum atomic E-state index is -0.258. The van der Waals surface area contributed by atoms with Gasteiger partial charge < -0.3 is 15.0 Å². The van der Waals surface area contributed by atoms with E-state index in [9.17, 15) is 4.79 Å². The molecule has 1 fully saturated rings. The van der Waals surface area contributed by atoms with Crippen molar-refractivity contribution in [2.45, 2.75) is 64.7 Å². The van der Waals surface area contributed by atoms with E-state index in [2.05, 4.69) is 48.0 Å². The molecule has 2 aromatic rings. The van der Waals surface area contributed by atoms with Crippen LogP contribution in [0, 0.1) is 0 Å². The molecule has 1 aliphatic heterocycles. The van der Waals surface area contributed by atoms with Gasteiger partial charge in [0, 0.05) is 23.5 Å². The summed E-state index contributed by atoms with van der Waals surface area (Å²) < 4.78 is 6.11. The quantitative estimate of drug-likeness (QED) is 0.892. The lowest BCUT2D eigenvalue weighted by molar-refractivity contribution is -0.0662. The molecule has 1 unspecified atom stereocenters. The van der Waals surface area contributed by atoms with E-state index in [0.717, 1.165) is 29.9 Å². The first kappa shape index (κ1) is 17.6. The molecule has 25 heavy (non-hydrogen) atoms. The monoisotopic (exact) mass is 342 g/mol. The Balaban J connectivity index is 1.79. The Labute approximate surface area is 148 Å². The highest BCUT2D eigenvalue weighted by Gasteiger charge is 2.45. The molecular weight excluding hydrogens is 316 g/mol. The van der Waals surface area contributed by atoms with Crippen molar-refractivity contribution in [2.24, 2.45) is 0 Å².